The van der Waals surface area contributed by atoms with E-state index in [0.717, 1.165) is 13.1 Å². The highest BCUT2D eigenvalue weighted by atomic mass is 16.5. The fourth-order valence-electron chi connectivity index (χ4n) is 2.50. The van der Waals surface area contributed by atoms with Crippen LogP contribution in [-0.2, 0) is 19.1 Å². The Hall–Kier alpha value is -1.99. The maximum absolute atomic E-state index is 11.8. The minimum atomic E-state index is -0.333. The van der Waals surface area contributed by atoms with Gasteiger partial charge in [0.25, 0.3) is 0 Å². The quantitative estimate of drug-likeness (QED) is 0.702. The first-order valence-electron chi connectivity index (χ1n) is 7.46. The minimum Gasteiger partial charge on any atom is -0.466 e. The lowest BCUT2D eigenvalue weighted by atomic mass is 10.1. The Morgan fingerprint density at radius 3 is 3.00 bits per heavy atom. The highest BCUT2D eigenvalue weighted by Gasteiger charge is 2.25. The number of allylic oxidation sites excluding steroid dienone is 3. The Bertz CT molecular complexity index is 547. The fraction of sp³-hybridized carbons (Fsp3) is 0.533. The Balaban J connectivity index is 1.38. The van der Waals surface area contributed by atoms with Gasteiger partial charge in [-0.05, 0) is 12.2 Å². The molecule has 0 aromatic heterocycles. The first-order chi connectivity index (χ1) is 10.7. The Morgan fingerprint density at radius 2 is 2.18 bits per heavy atom. The van der Waals surface area contributed by atoms with E-state index in [1.165, 1.54) is 12.2 Å². The van der Waals surface area contributed by atoms with E-state index in [2.05, 4.69) is 15.2 Å². The number of hydrogen-bond acceptors (Lipinski definition) is 6. The van der Waals surface area contributed by atoms with Crippen LogP contribution in [-0.4, -0.2) is 67.9 Å². The molecule has 1 unspecified atom stereocenters. The average Bonchev–Trinajstić information content (AvgIpc) is 2.90. The summed E-state index contributed by atoms with van der Waals surface area (Å²) >= 11 is 0. The molecule has 3 aliphatic rings. The van der Waals surface area contributed by atoms with Gasteiger partial charge < -0.3 is 14.8 Å². The molecule has 3 rings (SSSR count). The summed E-state index contributed by atoms with van der Waals surface area (Å²) in [7, 11) is 0. The number of nitrogens with zero attached hydrogens (tertiary/aromatic N) is 2. The van der Waals surface area contributed by atoms with Gasteiger partial charge in [-0.2, -0.15) is 0 Å². The van der Waals surface area contributed by atoms with E-state index in [9.17, 15) is 9.59 Å². The monoisotopic (exact) mass is 305 g/mol. The van der Waals surface area contributed by atoms with Crippen molar-refractivity contribution in [2.24, 2.45) is 4.99 Å². The molecule has 1 aliphatic carbocycles. The highest BCUT2D eigenvalue weighted by Crippen LogP contribution is 2.21. The summed E-state index contributed by atoms with van der Waals surface area (Å²) in [6.07, 6.45) is 4.82. The van der Waals surface area contributed by atoms with Gasteiger partial charge in [0.1, 0.15) is 5.71 Å². The van der Waals surface area contributed by atoms with Gasteiger partial charge in [-0.25, -0.2) is 4.99 Å². The topological polar surface area (TPSA) is 80.2 Å². The molecule has 118 valence electrons. The van der Waals surface area contributed by atoms with E-state index in [4.69, 9.17) is 9.47 Å². The third-order valence-corrected chi connectivity index (χ3v) is 3.66. The number of fused-ring (bicyclic) bond motifs is 1. The highest BCUT2D eigenvalue weighted by molar-refractivity contribution is 6.19. The summed E-state index contributed by atoms with van der Waals surface area (Å²) in [4.78, 5) is 29.5. The van der Waals surface area contributed by atoms with E-state index in [-0.39, 0.29) is 17.9 Å². The molecule has 0 radical (unpaired) electrons. The van der Waals surface area contributed by atoms with Crippen molar-refractivity contribution in [3.63, 3.8) is 0 Å². The van der Waals surface area contributed by atoms with Crippen LogP contribution in [0.25, 0.3) is 0 Å². The Labute approximate surface area is 128 Å². The van der Waals surface area contributed by atoms with Crippen LogP contribution in [0.3, 0.4) is 0 Å². The van der Waals surface area contributed by atoms with Crippen LogP contribution in [0.1, 0.15) is 6.42 Å². The van der Waals surface area contributed by atoms with Crippen LogP contribution >= 0.6 is 0 Å². The van der Waals surface area contributed by atoms with Crippen LogP contribution < -0.4 is 5.32 Å². The zero-order valence-electron chi connectivity index (χ0n) is 12.3. The van der Waals surface area contributed by atoms with E-state index in [0.29, 0.717) is 44.2 Å². The zero-order valence-corrected chi connectivity index (χ0v) is 12.3. The van der Waals surface area contributed by atoms with Crippen LogP contribution in [0.4, 0.5) is 0 Å². The summed E-state index contributed by atoms with van der Waals surface area (Å²) in [6.45, 7) is 3.84. The van der Waals surface area contributed by atoms with Gasteiger partial charge in [-0.15, -0.1) is 0 Å². The number of carbonyl (C=O) groups is 2. The Morgan fingerprint density at radius 1 is 1.36 bits per heavy atom. The van der Waals surface area contributed by atoms with E-state index in [1.54, 1.807) is 6.08 Å². The number of carbonyl (C=O) groups excluding carboxylic acids is 2. The number of rotatable bonds is 5. The predicted molar refractivity (Wildman–Crippen MR) is 79.4 cm³/mol. The average molecular weight is 305 g/mol. The second kappa shape index (κ2) is 6.85. The molecule has 2 heterocycles. The maximum atomic E-state index is 11.8. The number of nitrogens with one attached hydrogen (secondary N) is 1. The molecule has 0 aromatic rings. The second-order valence-electron chi connectivity index (χ2n) is 5.36. The standard InChI is InChI=1S/C15H19N3O4/c19-11-1-2-12-13(9-11)22-15(17-12)3-4-16-14(20)10-18-5-7-21-8-6-18/h1-2,9,15H,3-8,10H2,(H,16,20). The van der Waals surface area contributed by atoms with Gasteiger partial charge in [0.05, 0.1) is 19.8 Å². The molecule has 1 amide bonds. The number of ether oxygens (including phenoxy) is 2. The third-order valence-electron chi connectivity index (χ3n) is 3.66. The predicted octanol–water partition coefficient (Wildman–Crippen LogP) is -0.355. The van der Waals surface area contributed by atoms with Gasteiger partial charge in [0.15, 0.2) is 17.8 Å². The number of morpholine rings is 1. The molecule has 22 heavy (non-hydrogen) atoms. The summed E-state index contributed by atoms with van der Waals surface area (Å²) in [6, 6.07) is 0. The summed E-state index contributed by atoms with van der Waals surface area (Å²) in [5, 5.41) is 2.87. The molecule has 0 spiro atoms. The first kappa shape index (κ1) is 14.9. The molecule has 0 aromatic carbocycles. The summed E-state index contributed by atoms with van der Waals surface area (Å²) < 4.78 is 10.8. The molecule has 1 atom stereocenters. The lowest BCUT2D eigenvalue weighted by Crippen LogP contribution is -2.43. The lowest BCUT2D eigenvalue weighted by molar-refractivity contribution is -0.123. The second-order valence-corrected chi connectivity index (χ2v) is 5.36. The van der Waals surface area contributed by atoms with Crippen LogP contribution in [0.2, 0.25) is 0 Å². The lowest BCUT2D eigenvalue weighted by Gasteiger charge is -2.25. The molecule has 1 fully saturated rings. The summed E-state index contributed by atoms with van der Waals surface area (Å²) in [5.41, 5.74) is 0.698. The molecular formula is C15H19N3O4. The number of hydrogen-bond donors (Lipinski definition) is 1. The van der Waals surface area contributed by atoms with Gasteiger partial charge in [0.2, 0.25) is 5.91 Å². The first-order valence-corrected chi connectivity index (χ1v) is 7.46. The van der Waals surface area contributed by atoms with Crippen molar-refractivity contribution in [1.82, 2.24) is 10.2 Å². The molecule has 7 nitrogen and oxygen atoms in total. The number of ketones is 1. The molecular weight excluding hydrogens is 286 g/mol. The van der Waals surface area contributed by atoms with Crippen LogP contribution in [0.15, 0.2) is 29.0 Å². The van der Waals surface area contributed by atoms with Crippen LogP contribution in [0, 0.1) is 0 Å². The zero-order chi connectivity index (χ0) is 15.4. The molecule has 7 heteroatoms. The largest absolute Gasteiger partial charge is 0.466 e. The van der Waals surface area contributed by atoms with Crippen LogP contribution in [0.5, 0.6) is 0 Å². The van der Waals surface area contributed by atoms with Gasteiger partial charge in [0, 0.05) is 32.1 Å². The minimum absolute atomic E-state index is 0.000689. The van der Waals surface area contributed by atoms with Crippen molar-refractivity contribution < 1.29 is 19.1 Å². The number of aliphatic imine (C=N–C) groups is 1. The Kier molecular flexibility index (Phi) is 4.65. The van der Waals surface area contributed by atoms with Gasteiger partial charge in [-0.3, -0.25) is 14.5 Å². The van der Waals surface area contributed by atoms with Crippen molar-refractivity contribution in [3.05, 3.63) is 24.0 Å². The van der Waals surface area contributed by atoms with Crippen molar-refractivity contribution in [2.75, 3.05) is 39.4 Å². The van der Waals surface area contributed by atoms with E-state index in [1.807, 2.05) is 0 Å². The third kappa shape index (κ3) is 3.80. The number of amides is 1. The normalized spacial score (nSPS) is 24.4. The molecule has 1 N–H and O–H groups in total. The summed E-state index contributed by atoms with van der Waals surface area (Å²) in [5.74, 6) is 0.435. The molecule has 1 saturated heterocycles. The smallest absolute Gasteiger partial charge is 0.234 e. The molecule has 0 saturated carbocycles. The van der Waals surface area contributed by atoms with Crippen molar-refractivity contribution in [1.29, 1.82) is 0 Å². The van der Waals surface area contributed by atoms with Crippen molar-refractivity contribution in [3.8, 4) is 0 Å². The fourth-order valence-corrected chi connectivity index (χ4v) is 2.50. The van der Waals surface area contributed by atoms with Gasteiger partial charge in [-0.1, -0.05) is 0 Å². The van der Waals surface area contributed by atoms with E-state index >= 15 is 0 Å². The maximum Gasteiger partial charge on any atom is 0.234 e. The molecule has 2 aliphatic heterocycles. The van der Waals surface area contributed by atoms with E-state index < -0.39 is 0 Å². The molecule has 0 bridgehead atoms. The SMILES string of the molecule is O=C1C=CC2=NC(CCNC(=O)CN3CCOCC3)OC2=C1. The van der Waals surface area contributed by atoms with Crippen molar-refractivity contribution >= 4 is 17.4 Å². The van der Waals surface area contributed by atoms with Crippen molar-refractivity contribution in [2.45, 2.75) is 12.6 Å². The van der Waals surface area contributed by atoms with Gasteiger partial charge >= 0.3 is 0 Å².